The number of benzene rings is 1. The molecule has 2 aliphatic rings. The van der Waals surface area contributed by atoms with Crippen molar-refractivity contribution in [3.63, 3.8) is 0 Å². The van der Waals surface area contributed by atoms with Crippen LogP contribution >= 0.6 is 11.3 Å². The summed E-state index contributed by atoms with van der Waals surface area (Å²) in [5, 5.41) is 12.9. The summed E-state index contributed by atoms with van der Waals surface area (Å²) in [6.45, 7) is 5.17. The van der Waals surface area contributed by atoms with Crippen molar-refractivity contribution in [2.45, 2.75) is 13.0 Å². The number of carbonyl (C=O) groups excluding carboxylic acids is 1. The smallest absolute Gasteiger partial charge is 0.269 e. The van der Waals surface area contributed by atoms with Crippen molar-refractivity contribution in [3.8, 4) is 0 Å². The topological polar surface area (TPSA) is 69.9 Å². The lowest BCUT2D eigenvalue weighted by Gasteiger charge is -2.37. The lowest BCUT2D eigenvalue weighted by atomic mass is 10.1. The van der Waals surface area contributed by atoms with Crippen LogP contribution in [0.25, 0.3) is 0 Å². The Kier molecular flexibility index (Phi) is 5.09. The molecule has 1 aromatic heterocycles. The molecule has 0 unspecified atom stereocenters. The van der Waals surface area contributed by atoms with Gasteiger partial charge in [-0.2, -0.15) is 0 Å². The Balaban J connectivity index is 1.28. The summed E-state index contributed by atoms with van der Waals surface area (Å²) in [7, 11) is 0. The van der Waals surface area contributed by atoms with Gasteiger partial charge in [-0.1, -0.05) is 0 Å². The molecule has 7 nitrogen and oxygen atoms in total. The quantitative estimate of drug-likeness (QED) is 0.596. The van der Waals surface area contributed by atoms with Gasteiger partial charge >= 0.3 is 0 Å². The van der Waals surface area contributed by atoms with Crippen LogP contribution < -0.4 is 4.90 Å². The van der Waals surface area contributed by atoms with Crippen molar-refractivity contribution in [1.82, 2.24) is 9.80 Å². The first-order valence-corrected chi connectivity index (χ1v) is 10.0. The number of piperazine rings is 1. The van der Waals surface area contributed by atoms with Crippen molar-refractivity contribution in [3.05, 3.63) is 56.3 Å². The van der Waals surface area contributed by atoms with Crippen molar-refractivity contribution in [2.75, 3.05) is 44.2 Å². The van der Waals surface area contributed by atoms with Crippen molar-refractivity contribution < 1.29 is 9.72 Å². The first kappa shape index (κ1) is 17.9. The number of nitro benzene ring substituents is 1. The Morgan fingerprint density at radius 3 is 2.52 bits per heavy atom. The molecule has 3 heterocycles. The second kappa shape index (κ2) is 7.66. The normalized spacial score (nSPS) is 17.6. The van der Waals surface area contributed by atoms with Gasteiger partial charge in [0.05, 0.1) is 11.5 Å². The van der Waals surface area contributed by atoms with E-state index in [9.17, 15) is 14.9 Å². The van der Waals surface area contributed by atoms with E-state index < -0.39 is 0 Å². The number of nitro groups is 1. The van der Waals surface area contributed by atoms with Crippen LogP contribution in [0.5, 0.6) is 0 Å². The van der Waals surface area contributed by atoms with Crippen LogP contribution in [0.4, 0.5) is 11.4 Å². The van der Waals surface area contributed by atoms with Gasteiger partial charge in [0.25, 0.3) is 5.69 Å². The van der Waals surface area contributed by atoms with E-state index in [1.54, 1.807) is 12.1 Å². The van der Waals surface area contributed by atoms with E-state index in [1.807, 2.05) is 16.2 Å². The first-order chi connectivity index (χ1) is 13.1. The molecule has 1 aromatic carbocycles. The van der Waals surface area contributed by atoms with Crippen LogP contribution in [0.15, 0.2) is 35.7 Å². The number of amides is 1. The highest BCUT2D eigenvalue weighted by Gasteiger charge is 2.25. The van der Waals surface area contributed by atoms with Gasteiger partial charge < -0.3 is 9.80 Å². The predicted molar refractivity (Wildman–Crippen MR) is 105 cm³/mol. The van der Waals surface area contributed by atoms with Gasteiger partial charge in [0, 0.05) is 62.0 Å². The zero-order valence-electron chi connectivity index (χ0n) is 15.0. The average molecular weight is 386 g/mol. The maximum Gasteiger partial charge on any atom is 0.269 e. The highest BCUT2D eigenvalue weighted by molar-refractivity contribution is 7.10. The molecule has 27 heavy (non-hydrogen) atoms. The lowest BCUT2D eigenvalue weighted by Crippen LogP contribution is -2.51. The molecule has 0 N–H and O–H groups in total. The number of thiophene rings is 1. The average Bonchev–Trinajstić information content (AvgIpc) is 3.16. The molecule has 4 rings (SSSR count). The molecule has 1 fully saturated rings. The van der Waals surface area contributed by atoms with Crippen LogP contribution in [-0.2, 0) is 17.8 Å². The van der Waals surface area contributed by atoms with Gasteiger partial charge in [0.15, 0.2) is 0 Å². The van der Waals surface area contributed by atoms with E-state index in [-0.39, 0.29) is 16.5 Å². The van der Waals surface area contributed by atoms with Crippen LogP contribution in [0, 0.1) is 10.1 Å². The SMILES string of the molecule is O=C(CN1CCc2sccc2C1)N1CCN(c2ccc([N+](=O)[O-])cc2)CC1. The van der Waals surface area contributed by atoms with E-state index in [2.05, 4.69) is 21.2 Å². The molecular formula is C19H22N4O3S. The summed E-state index contributed by atoms with van der Waals surface area (Å²) in [4.78, 5) is 30.8. The first-order valence-electron chi connectivity index (χ1n) is 9.15. The number of hydrogen-bond donors (Lipinski definition) is 0. The Hall–Kier alpha value is -2.45. The fourth-order valence-electron chi connectivity index (χ4n) is 3.73. The molecular weight excluding hydrogens is 364 g/mol. The van der Waals surface area contributed by atoms with E-state index >= 15 is 0 Å². The number of rotatable bonds is 4. The number of non-ortho nitro benzene ring substituents is 1. The van der Waals surface area contributed by atoms with Gasteiger partial charge in [-0.3, -0.25) is 19.8 Å². The number of hydrogen-bond acceptors (Lipinski definition) is 6. The van der Waals surface area contributed by atoms with Gasteiger partial charge in [0.2, 0.25) is 5.91 Å². The van der Waals surface area contributed by atoms with E-state index in [4.69, 9.17) is 0 Å². The lowest BCUT2D eigenvalue weighted by molar-refractivity contribution is -0.384. The second-order valence-electron chi connectivity index (χ2n) is 6.97. The van der Waals surface area contributed by atoms with Crippen molar-refractivity contribution in [2.24, 2.45) is 0 Å². The molecule has 142 valence electrons. The monoisotopic (exact) mass is 386 g/mol. The van der Waals surface area contributed by atoms with Gasteiger partial charge in [-0.25, -0.2) is 0 Å². The molecule has 2 aromatic rings. The summed E-state index contributed by atoms with van der Waals surface area (Å²) in [5.41, 5.74) is 2.43. The van der Waals surface area contributed by atoms with Crippen LogP contribution in [0.3, 0.4) is 0 Å². The summed E-state index contributed by atoms with van der Waals surface area (Å²) in [6.07, 6.45) is 1.04. The Morgan fingerprint density at radius 2 is 1.81 bits per heavy atom. The third kappa shape index (κ3) is 3.96. The fourth-order valence-corrected chi connectivity index (χ4v) is 4.62. The highest BCUT2D eigenvalue weighted by Crippen LogP contribution is 2.24. The molecule has 8 heteroatoms. The zero-order chi connectivity index (χ0) is 18.8. The molecule has 0 aliphatic carbocycles. The maximum atomic E-state index is 12.7. The third-order valence-electron chi connectivity index (χ3n) is 5.30. The predicted octanol–water partition coefficient (Wildman–Crippen LogP) is 2.36. The van der Waals surface area contributed by atoms with Crippen molar-refractivity contribution in [1.29, 1.82) is 0 Å². The summed E-state index contributed by atoms with van der Waals surface area (Å²) in [6, 6.07) is 8.78. The van der Waals surface area contributed by atoms with Gasteiger partial charge in [0.1, 0.15) is 0 Å². The molecule has 1 saturated heterocycles. The standard InChI is InChI=1S/C19H22N4O3S/c24-19(14-20-7-5-18-15(13-20)6-12-27-18)22-10-8-21(9-11-22)16-1-3-17(4-2-16)23(25)26/h1-4,6,12H,5,7-11,13-14H2. The molecule has 0 spiro atoms. The van der Waals surface area contributed by atoms with E-state index in [0.717, 1.165) is 38.3 Å². The Bertz CT molecular complexity index is 828. The molecule has 0 atom stereocenters. The number of fused-ring (bicyclic) bond motifs is 1. The molecule has 2 aliphatic heterocycles. The zero-order valence-corrected chi connectivity index (χ0v) is 15.9. The van der Waals surface area contributed by atoms with Gasteiger partial charge in [-0.05, 0) is 35.6 Å². The molecule has 0 saturated carbocycles. The van der Waals surface area contributed by atoms with E-state index in [0.29, 0.717) is 19.6 Å². The maximum absolute atomic E-state index is 12.7. The number of carbonyl (C=O) groups is 1. The molecule has 0 radical (unpaired) electrons. The minimum atomic E-state index is -0.389. The van der Waals surface area contributed by atoms with Crippen LogP contribution in [0.2, 0.25) is 0 Å². The minimum absolute atomic E-state index is 0.0999. The number of nitrogens with zero attached hydrogens (tertiary/aromatic N) is 4. The van der Waals surface area contributed by atoms with Crippen molar-refractivity contribution >= 4 is 28.6 Å². The Morgan fingerprint density at radius 1 is 1.07 bits per heavy atom. The van der Waals surface area contributed by atoms with Crippen LogP contribution in [0.1, 0.15) is 10.4 Å². The second-order valence-corrected chi connectivity index (χ2v) is 7.97. The molecule has 1 amide bonds. The third-order valence-corrected chi connectivity index (χ3v) is 6.33. The Labute approximate surface area is 161 Å². The van der Waals surface area contributed by atoms with E-state index in [1.165, 1.54) is 22.6 Å². The largest absolute Gasteiger partial charge is 0.368 e. The minimum Gasteiger partial charge on any atom is -0.368 e. The fraction of sp³-hybridized carbons (Fsp3) is 0.421. The summed E-state index contributed by atoms with van der Waals surface area (Å²) in [5.74, 6) is 0.192. The number of anilines is 1. The summed E-state index contributed by atoms with van der Waals surface area (Å²) < 4.78 is 0. The summed E-state index contributed by atoms with van der Waals surface area (Å²) >= 11 is 1.81. The van der Waals surface area contributed by atoms with Gasteiger partial charge in [-0.15, -0.1) is 11.3 Å². The highest BCUT2D eigenvalue weighted by atomic mass is 32.1. The van der Waals surface area contributed by atoms with Crippen LogP contribution in [-0.4, -0.2) is 59.9 Å². The molecule has 0 bridgehead atoms.